The van der Waals surface area contributed by atoms with Crippen molar-refractivity contribution in [2.75, 3.05) is 7.11 Å². The number of carbonyl (C=O) groups excluding carboxylic acids is 1. The van der Waals surface area contributed by atoms with Gasteiger partial charge in [-0.15, -0.1) is 11.3 Å². The number of amides is 1. The summed E-state index contributed by atoms with van der Waals surface area (Å²) in [5.74, 6) is 0.688. The molecule has 0 atom stereocenters. The molecule has 2 heterocycles. The summed E-state index contributed by atoms with van der Waals surface area (Å²) < 4.78 is 5.17. The van der Waals surface area contributed by atoms with Gasteiger partial charge in [0.1, 0.15) is 5.75 Å². The van der Waals surface area contributed by atoms with Crippen LogP contribution >= 0.6 is 11.3 Å². The molecule has 1 N–H and O–H groups in total. The van der Waals surface area contributed by atoms with E-state index >= 15 is 0 Å². The van der Waals surface area contributed by atoms with E-state index in [0.717, 1.165) is 32.8 Å². The third kappa shape index (κ3) is 3.68. The van der Waals surface area contributed by atoms with Crippen molar-refractivity contribution in [2.45, 2.75) is 6.54 Å². The van der Waals surface area contributed by atoms with Gasteiger partial charge in [-0.1, -0.05) is 36.4 Å². The number of rotatable bonds is 5. The molecule has 0 aliphatic carbocycles. The average Bonchev–Trinajstić information content (AvgIpc) is 3.26. The molecular weight excluding hydrogens is 356 g/mol. The first-order valence-electron chi connectivity index (χ1n) is 8.59. The lowest BCUT2D eigenvalue weighted by Gasteiger charge is -2.10. The summed E-state index contributed by atoms with van der Waals surface area (Å²) in [6.45, 7) is 0.452. The molecule has 0 aliphatic rings. The zero-order valence-electron chi connectivity index (χ0n) is 14.8. The Bertz CT molecular complexity index is 1070. The molecule has 4 aromatic rings. The molecule has 0 unspecified atom stereocenters. The maximum absolute atomic E-state index is 12.9. The highest BCUT2D eigenvalue weighted by molar-refractivity contribution is 7.13. The van der Waals surface area contributed by atoms with E-state index in [0.29, 0.717) is 12.1 Å². The molecular formula is C22H18N2O2S. The van der Waals surface area contributed by atoms with Gasteiger partial charge in [0.05, 0.1) is 28.8 Å². The van der Waals surface area contributed by atoms with Gasteiger partial charge in [0, 0.05) is 11.9 Å². The summed E-state index contributed by atoms with van der Waals surface area (Å²) in [5, 5.41) is 5.87. The SMILES string of the molecule is COc1ccc(CNC(=O)c2cc(-c3cccs3)nc3ccccc23)cc1. The first-order chi connectivity index (χ1) is 13.2. The molecule has 2 aromatic heterocycles. The van der Waals surface area contributed by atoms with E-state index in [2.05, 4.69) is 5.32 Å². The number of ether oxygens (including phenoxy) is 1. The molecule has 5 heteroatoms. The Balaban J connectivity index is 1.63. The van der Waals surface area contributed by atoms with E-state index in [1.807, 2.05) is 72.1 Å². The first kappa shape index (κ1) is 17.2. The Labute approximate surface area is 161 Å². The van der Waals surface area contributed by atoms with Crippen molar-refractivity contribution in [3.05, 3.63) is 83.2 Å². The third-order valence-corrected chi connectivity index (χ3v) is 5.24. The summed E-state index contributed by atoms with van der Waals surface area (Å²) in [6, 6.07) is 21.3. The summed E-state index contributed by atoms with van der Waals surface area (Å²) in [5.41, 5.74) is 3.29. The number of benzene rings is 2. The molecule has 0 saturated heterocycles. The number of methoxy groups -OCH3 is 1. The maximum atomic E-state index is 12.9. The number of fused-ring (bicyclic) bond motifs is 1. The number of aromatic nitrogens is 1. The Morgan fingerprint density at radius 3 is 2.63 bits per heavy atom. The second-order valence-corrected chi connectivity index (χ2v) is 7.03. The monoisotopic (exact) mass is 374 g/mol. The van der Waals surface area contributed by atoms with Crippen molar-refractivity contribution in [1.82, 2.24) is 10.3 Å². The predicted molar refractivity (Wildman–Crippen MR) is 109 cm³/mol. The minimum absolute atomic E-state index is 0.109. The smallest absolute Gasteiger partial charge is 0.252 e. The molecule has 0 spiro atoms. The van der Waals surface area contributed by atoms with Gasteiger partial charge in [-0.05, 0) is 41.3 Å². The lowest BCUT2D eigenvalue weighted by molar-refractivity contribution is 0.0952. The van der Waals surface area contributed by atoms with Crippen molar-refractivity contribution in [3.63, 3.8) is 0 Å². The van der Waals surface area contributed by atoms with Crippen LogP contribution in [0.5, 0.6) is 5.75 Å². The summed E-state index contributed by atoms with van der Waals surface area (Å²) >= 11 is 1.61. The molecule has 4 rings (SSSR count). The topological polar surface area (TPSA) is 51.2 Å². The van der Waals surface area contributed by atoms with Gasteiger partial charge in [-0.3, -0.25) is 4.79 Å². The highest BCUT2D eigenvalue weighted by Crippen LogP contribution is 2.27. The summed E-state index contributed by atoms with van der Waals surface area (Å²) in [4.78, 5) is 18.7. The van der Waals surface area contributed by atoms with Gasteiger partial charge >= 0.3 is 0 Å². The van der Waals surface area contributed by atoms with Gasteiger partial charge in [-0.2, -0.15) is 0 Å². The molecule has 4 nitrogen and oxygen atoms in total. The highest BCUT2D eigenvalue weighted by Gasteiger charge is 2.14. The lowest BCUT2D eigenvalue weighted by Crippen LogP contribution is -2.23. The molecule has 134 valence electrons. The minimum Gasteiger partial charge on any atom is -0.497 e. The van der Waals surface area contributed by atoms with E-state index in [4.69, 9.17) is 9.72 Å². The van der Waals surface area contributed by atoms with Crippen molar-refractivity contribution in [1.29, 1.82) is 0 Å². The molecule has 0 bridgehead atoms. The Hall–Kier alpha value is -3.18. The molecule has 1 amide bonds. The normalized spacial score (nSPS) is 10.7. The van der Waals surface area contributed by atoms with E-state index in [1.165, 1.54) is 0 Å². The third-order valence-electron chi connectivity index (χ3n) is 4.35. The number of carbonyl (C=O) groups is 1. The first-order valence-corrected chi connectivity index (χ1v) is 9.47. The predicted octanol–water partition coefficient (Wildman–Crippen LogP) is 4.90. The van der Waals surface area contributed by atoms with Crippen LogP contribution in [0, 0.1) is 0 Å². The largest absolute Gasteiger partial charge is 0.497 e. The van der Waals surface area contributed by atoms with Crippen LogP contribution in [0.4, 0.5) is 0 Å². The van der Waals surface area contributed by atoms with Gasteiger partial charge in [0.15, 0.2) is 0 Å². The fourth-order valence-electron chi connectivity index (χ4n) is 2.93. The standard InChI is InChI=1S/C22H18N2O2S/c1-26-16-10-8-15(9-11-16)14-23-22(25)18-13-20(21-7-4-12-27-21)24-19-6-3-2-5-17(18)19/h2-13H,14H2,1H3,(H,23,25). The van der Waals surface area contributed by atoms with Crippen LogP contribution in [0.25, 0.3) is 21.5 Å². The average molecular weight is 374 g/mol. The number of nitrogens with zero attached hydrogens (tertiary/aromatic N) is 1. The number of hydrogen-bond donors (Lipinski definition) is 1. The summed E-state index contributed by atoms with van der Waals surface area (Å²) in [6.07, 6.45) is 0. The Morgan fingerprint density at radius 2 is 1.89 bits per heavy atom. The molecule has 27 heavy (non-hydrogen) atoms. The van der Waals surface area contributed by atoms with Gasteiger partial charge in [0.2, 0.25) is 0 Å². The van der Waals surface area contributed by atoms with Crippen molar-refractivity contribution >= 4 is 28.1 Å². The van der Waals surface area contributed by atoms with E-state index in [9.17, 15) is 4.79 Å². The molecule has 0 radical (unpaired) electrons. The van der Waals surface area contributed by atoms with Crippen molar-refractivity contribution < 1.29 is 9.53 Å². The number of nitrogens with one attached hydrogen (secondary N) is 1. The Kier molecular flexibility index (Phi) is 4.85. The fraction of sp³-hybridized carbons (Fsp3) is 0.0909. The number of para-hydroxylation sites is 1. The van der Waals surface area contributed by atoms with E-state index in [1.54, 1.807) is 18.4 Å². The molecule has 0 saturated carbocycles. The van der Waals surface area contributed by atoms with Crippen molar-refractivity contribution in [3.8, 4) is 16.3 Å². The van der Waals surface area contributed by atoms with Crippen LogP contribution in [0.3, 0.4) is 0 Å². The zero-order chi connectivity index (χ0) is 18.6. The minimum atomic E-state index is -0.109. The van der Waals surface area contributed by atoms with Gasteiger partial charge < -0.3 is 10.1 Å². The summed E-state index contributed by atoms with van der Waals surface area (Å²) in [7, 11) is 1.64. The molecule has 0 fully saturated rings. The van der Waals surface area contributed by atoms with Crippen LogP contribution in [0.1, 0.15) is 15.9 Å². The van der Waals surface area contributed by atoms with Crippen LogP contribution in [-0.4, -0.2) is 18.0 Å². The molecule has 2 aromatic carbocycles. The van der Waals surface area contributed by atoms with Crippen LogP contribution in [0.2, 0.25) is 0 Å². The van der Waals surface area contributed by atoms with Gasteiger partial charge in [-0.25, -0.2) is 4.98 Å². The Morgan fingerprint density at radius 1 is 1.07 bits per heavy atom. The van der Waals surface area contributed by atoms with Crippen molar-refractivity contribution in [2.24, 2.45) is 0 Å². The van der Waals surface area contributed by atoms with E-state index < -0.39 is 0 Å². The quantitative estimate of drug-likeness (QED) is 0.540. The fourth-order valence-corrected chi connectivity index (χ4v) is 3.62. The second-order valence-electron chi connectivity index (χ2n) is 6.08. The van der Waals surface area contributed by atoms with Crippen LogP contribution in [0.15, 0.2) is 72.1 Å². The van der Waals surface area contributed by atoms with Crippen LogP contribution in [-0.2, 0) is 6.54 Å². The number of hydrogen-bond acceptors (Lipinski definition) is 4. The van der Waals surface area contributed by atoms with E-state index in [-0.39, 0.29) is 5.91 Å². The molecule has 0 aliphatic heterocycles. The number of thiophene rings is 1. The second kappa shape index (κ2) is 7.60. The van der Waals surface area contributed by atoms with Crippen LogP contribution < -0.4 is 10.1 Å². The highest BCUT2D eigenvalue weighted by atomic mass is 32.1. The zero-order valence-corrected chi connectivity index (χ0v) is 15.6. The lowest BCUT2D eigenvalue weighted by atomic mass is 10.1. The maximum Gasteiger partial charge on any atom is 0.252 e. The van der Waals surface area contributed by atoms with Gasteiger partial charge in [0.25, 0.3) is 5.91 Å². The number of pyridine rings is 1.